The smallest absolute Gasteiger partial charge is 0.183 e. The van der Waals surface area contributed by atoms with E-state index in [0.717, 1.165) is 6.07 Å². The van der Waals surface area contributed by atoms with Crippen molar-refractivity contribution >= 4 is 7.98 Å². The van der Waals surface area contributed by atoms with Crippen molar-refractivity contribution in [3.05, 3.63) is 35.1 Å². The predicted octanol–water partition coefficient (Wildman–Crippen LogP) is 1.20. The van der Waals surface area contributed by atoms with E-state index in [-0.39, 0.29) is 18.7 Å². The predicted molar refractivity (Wildman–Crippen MR) is 61.4 cm³/mol. The molecule has 90 valence electrons. The lowest BCUT2D eigenvalue weighted by atomic mass is 10.1. The molecule has 2 radical (unpaired) electrons. The van der Waals surface area contributed by atoms with Gasteiger partial charge in [-0.1, -0.05) is 0 Å². The van der Waals surface area contributed by atoms with Gasteiger partial charge in [0.2, 0.25) is 0 Å². The number of nitrogens with two attached hydrogens (primary N) is 1. The Labute approximate surface area is 100 Å². The molecule has 0 aromatic heterocycles. The lowest BCUT2D eigenvalue weighted by Crippen LogP contribution is -2.27. The molecule has 0 saturated heterocycles. The van der Waals surface area contributed by atoms with Gasteiger partial charge in [0.15, 0.2) is 19.6 Å². The number of terminal acetylenes is 1. The van der Waals surface area contributed by atoms with Crippen LogP contribution in [0.5, 0.6) is 0 Å². The first-order chi connectivity index (χ1) is 8.04. The van der Waals surface area contributed by atoms with E-state index in [1.165, 1.54) is 4.81 Å². The Hall–Kier alpha value is -1.45. The second kappa shape index (κ2) is 7.77. The number of halogens is 3. The molecule has 6 heteroatoms. The standard InChI is InChI=1S/C9H10BF3N2.C2H2/c10-15(2-1-14)5-6-3-7(11)4-8(12)9(6)13;1-2/h3-4H,1-2,5,14H2;1-2H. The van der Waals surface area contributed by atoms with Gasteiger partial charge in [0.1, 0.15) is 5.82 Å². The van der Waals surface area contributed by atoms with Crippen LogP contribution in [-0.4, -0.2) is 25.9 Å². The normalized spacial score (nSPS) is 9.82. The van der Waals surface area contributed by atoms with Gasteiger partial charge in [-0.05, 0) is 12.6 Å². The number of hydrogen-bond donors (Lipinski definition) is 1. The average Bonchev–Trinajstić information content (AvgIpc) is 2.28. The van der Waals surface area contributed by atoms with Gasteiger partial charge >= 0.3 is 0 Å². The summed E-state index contributed by atoms with van der Waals surface area (Å²) in [6.45, 7) is 0.519. The van der Waals surface area contributed by atoms with Gasteiger partial charge in [0.05, 0.1) is 0 Å². The largest absolute Gasteiger partial charge is 0.349 e. The fourth-order valence-electron chi connectivity index (χ4n) is 1.19. The maximum absolute atomic E-state index is 13.1. The van der Waals surface area contributed by atoms with Crippen LogP contribution in [0.15, 0.2) is 12.1 Å². The third kappa shape index (κ3) is 4.94. The van der Waals surface area contributed by atoms with Crippen molar-refractivity contribution in [2.24, 2.45) is 5.73 Å². The third-order valence-corrected chi connectivity index (χ3v) is 1.86. The zero-order valence-corrected chi connectivity index (χ0v) is 9.17. The molecular weight excluding hydrogens is 228 g/mol. The van der Waals surface area contributed by atoms with E-state index in [0.29, 0.717) is 12.6 Å². The van der Waals surface area contributed by atoms with Crippen molar-refractivity contribution in [1.29, 1.82) is 0 Å². The van der Waals surface area contributed by atoms with Crippen LogP contribution in [0.25, 0.3) is 0 Å². The van der Waals surface area contributed by atoms with Crippen molar-refractivity contribution in [3.63, 3.8) is 0 Å². The lowest BCUT2D eigenvalue weighted by molar-refractivity contribution is 0.426. The molecule has 1 rings (SSSR count). The molecule has 0 unspecified atom stereocenters. The molecule has 0 heterocycles. The summed E-state index contributed by atoms with van der Waals surface area (Å²) in [5, 5.41) is 0. The van der Waals surface area contributed by atoms with E-state index in [1.54, 1.807) is 0 Å². The molecule has 0 atom stereocenters. The average molecular weight is 240 g/mol. The van der Waals surface area contributed by atoms with Crippen molar-refractivity contribution < 1.29 is 13.2 Å². The van der Waals surface area contributed by atoms with Gasteiger partial charge in [0.25, 0.3) is 0 Å². The SMILES string of the molecule is C#C.[B]N(CCN)Cc1cc(F)cc(F)c1F. The highest BCUT2D eigenvalue weighted by atomic mass is 19.2. The molecule has 1 aromatic carbocycles. The zero-order valence-electron chi connectivity index (χ0n) is 9.17. The summed E-state index contributed by atoms with van der Waals surface area (Å²) >= 11 is 0. The highest BCUT2D eigenvalue weighted by Crippen LogP contribution is 2.15. The van der Waals surface area contributed by atoms with Crippen LogP contribution >= 0.6 is 0 Å². The molecule has 2 nitrogen and oxygen atoms in total. The monoisotopic (exact) mass is 240 g/mol. The molecule has 0 aliphatic carbocycles. The molecular formula is C11H12BF3N2. The highest BCUT2D eigenvalue weighted by molar-refractivity contribution is 6.04. The van der Waals surface area contributed by atoms with Crippen LogP contribution < -0.4 is 5.73 Å². The van der Waals surface area contributed by atoms with Crippen LogP contribution in [0.4, 0.5) is 13.2 Å². The molecule has 2 N–H and O–H groups in total. The first-order valence-electron chi connectivity index (χ1n) is 4.71. The minimum Gasteiger partial charge on any atom is -0.349 e. The maximum Gasteiger partial charge on any atom is 0.183 e. The number of benzene rings is 1. The number of rotatable bonds is 4. The zero-order chi connectivity index (χ0) is 13.4. The van der Waals surface area contributed by atoms with E-state index in [2.05, 4.69) is 12.8 Å². The molecule has 0 saturated carbocycles. The van der Waals surface area contributed by atoms with Gasteiger partial charge in [-0.25, -0.2) is 13.2 Å². The Morgan fingerprint density at radius 2 is 1.82 bits per heavy atom. The fourth-order valence-corrected chi connectivity index (χ4v) is 1.19. The minimum absolute atomic E-state index is 0.0856. The van der Waals surface area contributed by atoms with Crippen molar-refractivity contribution in [3.8, 4) is 12.8 Å². The lowest BCUT2D eigenvalue weighted by Gasteiger charge is -2.16. The molecule has 0 aliphatic heterocycles. The first kappa shape index (κ1) is 15.6. The van der Waals surface area contributed by atoms with Crippen molar-refractivity contribution in [2.75, 3.05) is 13.1 Å². The van der Waals surface area contributed by atoms with Crippen LogP contribution in [0, 0.1) is 30.3 Å². The Morgan fingerprint density at radius 1 is 1.24 bits per heavy atom. The molecule has 0 bridgehead atoms. The fraction of sp³-hybridized carbons (Fsp3) is 0.273. The molecule has 0 fully saturated rings. The first-order valence-corrected chi connectivity index (χ1v) is 4.71. The summed E-state index contributed by atoms with van der Waals surface area (Å²) in [7, 11) is 5.43. The summed E-state index contributed by atoms with van der Waals surface area (Å²) in [6, 6.07) is 1.40. The second-order valence-electron chi connectivity index (χ2n) is 3.12. The van der Waals surface area contributed by atoms with E-state index >= 15 is 0 Å². The number of nitrogens with zero attached hydrogens (tertiary/aromatic N) is 1. The van der Waals surface area contributed by atoms with Gasteiger partial charge in [-0.2, -0.15) is 0 Å². The van der Waals surface area contributed by atoms with Crippen LogP contribution in [-0.2, 0) is 6.54 Å². The maximum atomic E-state index is 13.1. The van der Waals surface area contributed by atoms with Crippen LogP contribution in [0.1, 0.15) is 5.56 Å². The molecule has 0 spiro atoms. The van der Waals surface area contributed by atoms with E-state index < -0.39 is 17.5 Å². The minimum atomic E-state index is -1.22. The molecule has 0 amide bonds. The van der Waals surface area contributed by atoms with Gasteiger partial charge in [0, 0.05) is 24.7 Å². The Morgan fingerprint density at radius 3 is 2.35 bits per heavy atom. The quantitative estimate of drug-likeness (QED) is 0.486. The topological polar surface area (TPSA) is 29.3 Å². The third-order valence-electron chi connectivity index (χ3n) is 1.86. The van der Waals surface area contributed by atoms with Crippen LogP contribution in [0.2, 0.25) is 0 Å². The van der Waals surface area contributed by atoms with E-state index in [9.17, 15) is 13.2 Å². The number of hydrogen-bond acceptors (Lipinski definition) is 2. The Balaban J connectivity index is 0.00000121. The van der Waals surface area contributed by atoms with E-state index in [4.69, 9.17) is 13.7 Å². The highest BCUT2D eigenvalue weighted by Gasteiger charge is 2.12. The second-order valence-corrected chi connectivity index (χ2v) is 3.12. The van der Waals surface area contributed by atoms with E-state index in [1.807, 2.05) is 0 Å². The summed E-state index contributed by atoms with van der Waals surface area (Å²) in [4.78, 5) is 1.19. The van der Waals surface area contributed by atoms with Gasteiger partial charge in [-0.15, -0.1) is 12.8 Å². The molecule has 17 heavy (non-hydrogen) atoms. The Bertz CT molecular complexity index is 382. The van der Waals surface area contributed by atoms with Gasteiger partial charge < -0.3 is 10.5 Å². The summed E-state index contributed by atoms with van der Waals surface area (Å²) < 4.78 is 38.7. The summed E-state index contributed by atoms with van der Waals surface area (Å²) in [5.74, 6) is -3.12. The molecule has 0 aliphatic rings. The van der Waals surface area contributed by atoms with Gasteiger partial charge in [-0.3, -0.25) is 0 Å². The summed E-state index contributed by atoms with van der Waals surface area (Å²) in [5.41, 5.74) is 5.10. The van der Waals surface area contributed by atoms with Crippen LogP contribution in [0.3, 0.4) is 0 Å². The Kier molecular flexibility index (Phi) is 7.11. The van der Waals surface area contributed by atoms with Crippen molar-refractivity contribution in [1.82, 2.24) is 4.81 Å². The van der Waals surface area contributed by atoms with Crippen molar-refractivity contribution in [2.45, 2.75) is 6.54 Å². The molecule has 1 aromatic rings. The summed E-state index contributed by atoms with van der Waals surface area (Å²) in [6.07, 6.45) is 8.00.